The number of carbonyl (C=O) groups excluding carboxylic acids is 1. The number of hydrogen-bond donors (Lipinski definition) is 2. The molecule has 0 aliphatic carbocycles. The maximum Gasteiger partial charge on any atom is 0.217 e. The van der Waals surface area contributed by atoms with Crippen LogP contribution in [0.15, 0.2) is 24.3 Å². The number of phenols is 1. The minimum absolute atomic E-state index is 0.0619. The molecular formula is C12H15NO2. The quantitative estimate of drug-likeness (QED) is 0.791. The topological polar surface area (TPSA) is 49.3 Å². The fraction of sp³-hybridized carbons (Fsp3) is 0.250. The Bertz CT molecular complexity index is 383. The van der Waals surface area contributed by atoms with Crippen LogP contribution >= 0.6 is 0 Å². The first-order valence-electron chi connectivity index (χ1n) is 4.80. The van der Waals surface area contributed by atoms with Crippen LogP contribution in [0.1, 0.15) is 18.1 Å². The molecule has 2 N–H and O–H groups in total. The number of rotatable bonds is 3. The molecule has 0 saturated carbocycles. The van der Waals surface area contributed by atoms with Crippen molar-refractivity contribution < 1.29 is 9.90 Å². The van der Waals surface area contributed by atoms with Crippen LogP contribution in [0.2, 0.25) is 0 Å². The van der Waals surface area contributed by atoms with Gasteiger partial charge in [-0.3, -0.25) is 4.79 Å². The van der Waals surface area contributed by atoms with Gasteiger partial charge in [-0.25, -0.2) is 0 Å². The van der Waals surface area contributed by atoms with Crippen molar-refractivity contribution in [1.29, 1.82) is 0 Å². The summed E-state index contributed by atoms with van der Waals surface area (Å²) in [6, 6.07) is 5.40. The molecule has 0 bridgehead atoms. The van der Waals surface area contributed by atoms with Crippen LogP contribution in [0, 0.1) is 6.92 Å². The number of carbonyl (C=O) groups is 1. The van der Waals surface area contributed by atoms with Gasteiger partial charge in [-0.05, 0) is 19.1 Å². The van der Waals surface area contributed by atoms with Crippen molar-refractivity contribution in [3.05, 3.63) is 35.4 Å². The molecule has 0 fully saturated rings. The number of hydrogen-bond acceptors (Lipinski definition) is 2. The number of amides is 1. The highest BCUT2D eigenvalue weighted by atomic mass is 16.3. The van der Waals surface area contributed by atoms with Crippen LogP contribution in [-0.4, -0.2) is 17.6 Å². The third kappa shape index (κ3) is 3.85. The summed E-state index contributed by atoms with van der Waals surface area (Å²) in [5, 5.41) is 12.1. The lowest BCUT2D eigenvalue weighted by Gasteiger charge is -2.00. The second-order valence-corrected chi connectivity index (χ2v) is 3.40. The Morgan fingerprint density at radius 2 is 2.27 bits per heavy atom. The molecule has 3 nitrogen and oxygen atoms in total. The Morgan fingerprint density at radius 3 is 2.93 bits per heavy atom. The lowest BCUT2D eigenvalue weighted by Crippen LogP contribution is -2.19. The molecule has 1 rings (SSSR count). The monoisotopic (exact) mass is 205 g/mol. The van der Waals surface area contributed by atoms with E-state index in [0.29, 0.717) is 6.54 Å². The Labute approximate surface area is 89.4 Å². The second-order valence-electron chi connectivity index (χ2n) is 3.40. The van der Waals surface area contributed by atoms with Crippen molar-refractivity contribution in [3.63, 3.8) is 0 Å². The molecule has 15 heavy (non-hydrogen) atoms. The van der Waals surface area contributed by atoms with E-state index in [4.69, 9.17) is 0 Å². The van der Waals surface area contributed by atoms with Gasteiger partial charge in [0.25, 0.3) is 0 Å². The van der Waals surface area contributed by atoms with Gasteiger partial charge in [0.15, 0.2) is 0 Å². The molecule has 0 atom stereocenters. The molecular weight excluding hydrogens is 190 g/mol. The molecule has 1 aromatic carbocycles. The third-order valence-corrected chi connectivity index (χ3v) is 1.95. The minimum atomic E-state index is -0.0619. The summed E-state index contributed by atoms with van der Waals surface area (Å²) in [6.45, 7) is 3.91. The predicted octanol–water partition coefficient (Wildman–Crippen LogP) is 1.85. The molecule has 0 aromatic heterocycles. The van der Waals surface area contributed by atoms with Gasteiger partial charge in [-0.2, -0.15) is 0 Å². The van der Waals surface area contributed by atoms with E-state index in [9.17, 15) is 9.90 Å². The Hall–Kier alpha value is -1.77. The summed E-state index contributed by atoms with van der Waals surface area (Å²) in [4.78, 5) is 10.6. The Balaban J connectivity index is 2.63. The van der Waals surface area contributed by atoms with Gasteiger partial charge in [0.2, 0.25) is 5.91 Å². The molecule has 0 heterocycles. The molecule has 0 aliphatic rings. The number of aromatic hydroxyl groups is 1. The van der Waals surface area contributed by atoms with E-state index >= 15 is 0 Å². The molecule has 0 saturated heterocycles. The first-order valence-corrected chi connectivity index (χ1v) is 4.80. The Kier molecular flexibility index (Phi) is 3.92. The molecule has 0 aliphatic heterocycles. The number of benzene rings is 1. The molecule has 3 heteroatoms. The van der Waals surface area contributed by atoms with E-state index in [0.717, 1.165) is 11.1 Å². The van der Waals surface area contributed by atoms with Gasteiger partial charge in [0.1, 0.15) is 5.75 Å². The van der Waals surface area contributed by atoms with E-state index < -0.39 is 0 Å². The van der Waals surface area contributed by atoms with Gasteiger partial charge < -0.3 is 10.4 Å². The molecule has 80 valence electrons. The molecule has 0 radical (unpaired) electrons. The molecule has 1 amide bonds. The van der Waals surface area contributed by atoms with Crippen LogP contribution in [0.25, 0.3) is 6.08 Å². The normalized spacial score (nSPS) is 10.5. The lowest BCUT2D eigenvalue weighted by atomic mass is 10.1. The van der Waals surface area contributed by atoms with E-state index in [-0.39, 0.29) is 11.7 Å². The van der Waals surface area contributed by atoms with Gasteiger partial charge in [0.05, 0.1) is 0 Å². The van der Waals surface area contributed by atoms with Crippen LogP contribution in [0.4, 0.5) is 0 Å². The first-order chi connectivity index (χ1) is 7.09. The first kappa shape index (κ1) is 11.3. The zero-order valence-electron chi connectivity index (χ0n) is 8.95. The molecule has 0 unspecified atom stereocenters. The second kappa shape index (κ2) is 5.20. The van der Waals surface area contributed by atoms with Crippen LogP contribution in [0.5, 0.6) is 5.75 Å². The van der Waals surface area contributed by atoms with Crippen LogP contribution < -0.4 is 5.32 Å². The molecule has 0 spiro atoms. The summed E-state index contributed by atoms with van der Waals surface area (Å²) in [7, 11) is 0. The summed E-state index contributed by atoms with van der Waals surface area (Å²) >= 11 is 0. The fourth-order valence-corrected chi connectivity index (χ4v) is 1.20. The van der Waals surface area contributed by atoms with Crippen molar-refractivity contribution in [3.8, 4) is 5.75 Å². The minimum Gasteiger partial charge on any atom is -0.507 e. The van der Waals surface area contributed by atoms with Crippen molar-refractivity contribution in [2.45, 2.75) is 13.8 Å². The standard InChI is InChI=1S/C12H15NO2/c1-9-5-6-12(15)11(8-9)4-3-7-13-10(2)14/h3-6,8,15H,7H2,1-2H3,(H,13,14). The third-order valence-electron chi connectivity index (χ3n) is 1.95. The van der Waals surface area contributed by atoms with Crippen LogP contribution in [-0.2, 0) is 4.79 Å². The highest BCUT2D eigenvalue weighted by Gasteiger charge is 1.96. The zero-order valence-corrected chi connectivity index (χ0v) is 8.95. The largest absolute Gasteiger partial charge is 0.507 e. The fourth-order valence-electron chi connectivity index (χ4n) is 1.20. The number of aryl methyl sites for hydroxylation is 1. The smallest absolute Gasteiger partial charge is 0.217 e. The van der Waals surface area contributed by atoms with Gasteiger partial charge in [-0.15, -0.1) is 0 Å². The highest BCUT2D eigenvalue weighted by molar-refractivity contribution is 5.73. The Morgan fingerprint density at radius 1 is 1.53 bits per heavy atom. The maximum absolute atomic E-state index is 10.6. The van der Waals surface area contributed by atoms with Gasteiger partial charge in [-0.1, -0.05) is 23.8 Å². The average molecular weight is 205 g/mol. The summed E-state index contributed by atoms with van der Waals surface area (Å²) in [5.41, 5.74) is 1.85. The van der Waals surface area contributed by atoms with E-state index in [1.807, 2.05) is 19.1 Å². The number of nitrogens with one attached hydrogen (secondary N) is 1. The van der Waals surface area contributed by atoms with Gasteiger partial charge >= 0.3 is 0 Å². The van der Waals surface area contributed by atoms with Gasteiger partial charge in [0, 0.05) is 19.0 Å². The van der Waals surface area contributed by atoms with E-state index in [1.165, 1.54) is 6.92 Å². The predicted molar refractivity (Wildman–Crippen MR) is 60.6 cm³/mol. The summed E-state index contributed by atoms with van der Waals surface area (Å²) < 4.78 is 0. The maximum atomic E-state index is 10.6. The lowest BCUT2D eigenvalue weighted by molar-refractivity contribution is -0.118. The number of phenolic OH excluding ortho intramolecular Hbond substituents is 1. The average Bonchev–Trinajstić information content (AvgIpc) is 2.17. The van der Waals surface area contributed by atoms with Crippen molar-refractivity contribution >= 4 is 12.0 Å². The zero-order chi connectivity index (χ0) is 11.3. The van der Waals surface area contributed by atoms with E-state index in [2.05, 4.69) is 5.32 Å². The summed E-state index contributed by atoms with van der Waals surface area (Å²) in [6.07, 6.45) is 3.59. The van der Waals surface area contributed by atoms with Crippen molar-refractivity contribution in [2.75, 3.05) is 6.54 Å². The van der Waals surface area contributed by atoms with E-state index in [1.54, 1.807) is 18.2 Å². The van der Waals surface area contributed by atoms with Crippen molar-refractivity contribution in [2.24, 2.45) is 0 Å². The summed E-state index contributed by atoms with van der Waals surface area (Å²) in [5.74, 6) is 0.188. The van der Waals surface area contributed by atoms with Crippen molar-refractivity contribution in [1.82, 2.24) is 5.32 Å². The highest BCUT2D eigenvalue weighted by Crippen LogP contribution is 2.19. The molecule has 1 aromatic rings. The van der Waals surface area contributed by atoms with Crippen LogP contribution in [0.3, 0.4) is 0 Å². The SMILES string of the molecule is CC(=O)NCC=Cc1cc(C)ccc1O.